The summed E-state index contributed by atoms with van der Waals surface area (Å²) in [5.74, 6) is 0.493. The molecule has 1 aliphatic heterocycles. The molecular formula is C11H20N4S. The van der Waals surface area contributed by atoms with E-state index in [0.717, 1.165) is 31.0 Å². The van der Waals surface area contributed by atoms with E-state index in [1.807, 2.05) is 6.20 Å². The van der Waals surface area contributed by atoms with Crippen LogP contribution in [0, 0.1) is 4.77 Å². The molecule has 0 spiro atoms. The number of hydrogen-bond acceptors (Lipinski definition) is 3. The number of imidazole rings is 1. The van der Waals surface area contributed by atoms with Crippen LogP contribution in [0.5, 0.6) is 0 Å². The summed E-state index contributed by atoms with van der Waals surface area (Å²) in [5.41, 5.74) is 1.27. The topological polar surface area (TPSA) is 27.2 Å². The van der Waals surface area contributed by atoms with Gasteiger partial charge < -0.3 is 14.9 Å². The first-order valence-corrected chi connectivity index (χ1v) is 6.24. The zero-order chi connectivity index (χ0) is 11.7. The van der Waals surface area contributed by atoms with Gasteiger partial charge in [0.1, 0.15) is 0 Å². The maximum atomic E-state index is 5.35. The van der Waals surface area contributed by atoms with Gasteiger partial charge in [-0.1, -0.05) is 13.8 Å². The van der Waals surface area contributed by atoms with Gasteiger partial charge in [0.25, 0.3) is 0 Å². The third-order valence-corrected chi connectivity index (χ3v) is 3.43. The van der Waals surface area contributed by atoms with Crippen molar-refractivity contribution in [3.63, 3.8) is 0 Å². The van der Waals surface area contributed by atoms with Gasteiger partial charge in [0, 0.05) is 32.4 Å². The summed E-state index contributed by atoms with van der Waals surface area (Å²) in [5, 5.41) is 2.34. The summed E-state index contributed by atoms with van der Waals surface area (Å²) in [7, 11) is 2.16. The number of aromatic amines is 1. The molecule has 2 rings (SSSR count). The fourth-order valence-corrected chi connectivity index (χ4v) is 2.35. The number of aromatic nitrogens is 2. The molecule has 1 aromatic rings. The van der Waals surface area contributed by atoms with Crippen LogP contribution in [0.4, 0.5) is 0 Å². The maximum Gasteiger partial charge on any atom is 0.196 e. The van der Waals surface area contributed by atoms with E-state index in [4.69, 9.17) is 12.2 Å². The van der Waals surface area contributed by atoms with Crippen molar-refractivity contribution in [3.05, 3.63) is 16.7 Å². The van der Waals surface area contributed by atoms with Gasteiger partial charge in [0.15, 0.2) is 4.77 Å². The molecule has 1 saturated heterocycles. The molecule has 4 nitrogen and oxygen atoms in total. The summed E-state index contributed by atoms with van der Waals surface area (Å²) in [6.07, 6.45) is 2.03. The number of hydrogen-bond donors (Lipinski definition) is 1. The van der Waals surface area contributed by atoms with Gasteiger partial charge in [-0.15, -0.1) is 0 Å². The van der Waals surface area contributed by atoms with Gasteiger partial charge in [-0.2, -0.15) is 0 Å². The van der Waals surface area contributed by atoms with E-state index in [1.54, 1.807) is 0 Å². The Morgan fingerprint density at radius 3 is 2.44 bits per heavy atom. The van der Waals surface area contributed by atoms with Gasteiger partial charge in [0.2, 0.25) is 0 Å². The standard InChI is InChI=1S/C11H20N4S/c1-9(2)10-8-12-11(16)15(10)14-6-4-13(3)5-7-14/h8-9H,4-7H2,1-3H3,(H,12,16). The molecule has 0 bridgehead atoms. The Bertz CT molecular complexity index is 398. The molecular weight excluding hydrogens is 220 g/mol. The monoisotopic (exact) mass is 240 g/mol. The predicted octanol–water partition coefficient (Wildman–Crippen LogP) is 1.55. The van der Waals surface area contributed by atoms with Crippen LogP contribution in [-0.2, 0) is 0 Å². The van der Waals surface area contributed by atoms with Crippen LogP contribution in [0.2, 0.25) is 0 Å². The van der Waals surface area contributed by atoms with Gasteiger partial charge in [-0.3, -0.25) is 0 Å². The molecule has 1 fully saturated rings. The lowest BCUT2D eigenvalue weighted by Crippen LogP contribution is -2.50. The summed E-state index contributed by atoms with van der Waals surface area (Å²) >= 11 is 5.35. The maximum absolute atomic E-state index is 5.35. The van der Waals surface area contributed by atoms with Crippen molar-refractivity contribution in [2.45, 2.75) is 19.8 Å². The fraction of sp³-hybridized carbons (Fsp3) is 0.727. The van der Waals surface area contributed by atoms with Gasteiger partial charge in [-0.05, 0) is 25.2 Å². The van der Waals surface area contributed by atoms with E-state index in [9.17, 15) is 0 Å². The highest BCUT2D eigenvalue weighted by Crippen LogP contribution is 2.15. The molecule has 0 aromatic carbocycles. The number of H-pyrrole nitrogens is 1. The molecule has 0 saturated carbocycles. The van der Waals surface area contributed by atoms with Gasteiger partial charge in [-0.25, -0.2) is 4.68 Å². The average molecular weight is 240 g/mol. The number of rotatable bonds is 2. The highest BCUT2D eigenvalue weighted by atomic mass is 32.1. The van der Waals surface area contributed by atoms with E-state index in [1.165, 1.54) is 5.69 Å². The number of piperazine rings is 1. The first-order valence-electron chi connectivity index (χ1n) is 5.83. The quantitative estimate of drug-likeness (QED) is 0.795. The summed E-state index contributed by atoms with van der Waals surface area (Å²) in [6.45, 7) is 8.69. The van der Waals surface area contributed by atoms with Crippen molar-refractivity contribution in [1.82, 2.24) is 14.6 Å². The third kappa shape index (κ3) is 2.15. The smallest absolute Gasteiger partial charge is 0.196 e. The van der Waals surface area contributed by atoms with Crippen LogP contribution in [0.15, 0.2) is 6.20 Å². The summed E-state index contributed by atoms with van der Waals surface area (Å²) in [4.78, 5) is 5.50. The van der Waals surface area contributed by atoms with E-state index in [2.05, 4.69) is 40.5 Å². The zero-order valence-electron chi connectivity index (χ0n) is 10.2. The molecule has 90 valence electrons. The molecule has 1 N–H and O–H groups in total. The normalized spacial score (nSPS) is 18.4. The molecule has 1 aliphatic rings. The number of nitrogens with one attached hydrogen (secondary N) is 1. The minimum Gasteiger partial charge on any atom is -0.336 e. The van der Waals surface area contributed by atoms with Crippen molar-refractivity contribution in [3.8, 4) is 0 Å². The third-order valence-electron chi connectivity index (χ3n) is 3.13. The van der Waals surface area contributed by atoms with Crippen molar-refractivity contribution >= 4 is 12.2 Å². The zero-order valence-corrected chi connectivity index (χ0v) is 11.0. The molecule has 0 amide bonds. The SMILES string of the molecule is CC(C)c1c[nH]c(=S)n1N1CCN(C)CC1. The molecule has 0 unspecified atom stereocenters. The largest absolute Gasteiger partial charge is 0.336 e. The van der Waals surface area contributed by atoms with Crippen molar-refractivity contribution in [2.75, 3.05) is 38.2 Å². The van der Waals surface area contributed by atoms with Gasteiger partial charge in [0.05, 0.1) is 5.69 Å². The van der Waals surface area contributed by atoms with E-state index in [0.29, 0.717) is 5.92 Å². The van der Waals surface area contributed by atoms with Crippen LogP contribution in [-0.4, -0.2) is 47.8 Å². The second-order valence-electron chi connectivity index (χ2n) is 4.74. The molecule has 0 aliphatic carbocycles. The molecule has 5 heteroatoms. The number of likely N-dealkylation sites (N-methyl/N-ethyl adjacent to an activating group) is 1. The average Bonchev–Trinajstić information content (AvgIpc) is 2.62. The van der Waals surface area contributed by atoms with Crippen molar-refractivity contribution < 1.29 is 0 Å². The lowest BCUT2D eigenvalue weighted by molar-refractivity contribution is 0.284. The van der Waals surface area contributed by atoms with E-state index >= 15 is 0 Å². The predicted molar refractivity (Wildman–Crippen MR) is 69.2 cm³/mol. The van der Waals surface area contributed by atoms with Crippen LogP contribution >= 0.6 is 12.2 Å². The first-order chi connectivity index (χ1) is 7.59. The van der Waals surface area contributed by atoms with Crippen LogP contribution in [0.3, 0.4) is 0 Å². The molecule has 16 heavy (non-hydrogen) atoms. The van der Waals surface area contributed by atoms with Crippen LogP contribution in [0.1, 0.15) is 25.5 Å². The second kappa shape index (κ2) is 4.59. The van der Waals surface area contributed by atoms with Crippen molar-refractivity contribution in [2.24, 2.45) is 0 Å². The van der Waals surface area contributed by atoms with Crippen molar-refractivity contribution in [1.29, 1.82) is 0 Å². The van der Waals surface area contributed by atoms with E-state index < -0.39 is 0 Å². The lowest BCUT2D eigenvalue weighted by atomic mass is 10.1. The van der Waals surface area contributed by atoms with Gasteiger partial charge >= 0.3 is 0 Å². The Hall–Kier alpha value is -0.810. The van der Waals surface area contributed by atoms with E-state index in [-0.39, 0.29) is 0 Å². The summed E-state index contributed by atoms with van der Waals surface area (Å²) < 4.78 is 2.99. The Labute approximate surface area is 102 Å². The minimum atomic E-state index is 0.493. The Morgan fingerprint density at radius 2 is 1.88 bits per heavy atom. The minimum absolute atomic E-state index is 0.493. The molecule has 0 atom stereocenters. The van der Waals surface area contributed by atoms with Crippen LogP contribution < -0.4 is 5.01 Å². The first kappa shape index (κ1) is 11.7. The highest BCUT2D eigenvalue weighted by molar-refractivity contribution is 7.71. The second-order valence-corrected chi connectivity index (χ2v) is 5.13. The lowest BCUT2D eigenvalue weighted by Gasteiger charge is -2.35. The Morgan fingerprint density at radius 1 is 1.25 bits per heavy atom. The molecule has 0 radical (unpaired) electrons. The molecule has 1 aromatic heterocycles. The van der Waals surface area contributed by atoms with Crippen LogP contribution in [0.25, 0.3) is 0 Å². The summed E-state index contributed by atoms with van der Waals surface area (Å²) in [6, 6.07) is 0. The Kier molecular flexibility index (Phi) is 3.35. The fourth-order valence-electron chi connectivity index (χ4n) is 2.07. The highest BCUT2D eigenvalue weighted by Gasteiger charge is 2.18. The molecule has 2 heterocycles. The Balaban J connectivity index is 2.26. The number of nitrogens with zero attached hydrogens (tertiary/aromatic N) is 3.